The Morgan fingerprint density at radius 1 is 0.495 bits per heavy atom. The van der Waals surface area contributed by atoms with Gasteiger partial charge in [0.1, 0.15) is 11.2 Å². The Kier molecular flexibility index (Phi) is 26.1. The summed E-state index contributed by atoms with van der Waals surface area (Å²) >= 11 is 0. The second kappa shape index (κ2) is 38.7. The van der Waals surface area contributed by atoms with Crippen LogP contribution >= 0.6 is 0 Å². The first-order valence-electron chi connectivity index (χ1n) is 33.2. The number of para-hydroxylation sites is 2. The van der Waals surface area contributed by atoms with Crippen molar-refractivity contribution in [3.05, 3.63) is 229 Å². The third kappa shape index (κ3) is 25.1. The molecule has 6 heterocycles. The first kappa shape index (κ1) is 61.4. The molecule has 0 aliphatic rings. The topological polar surface area (TPSA) is 175 Å². The standard InChI is InChI=1S/C20H19NOSi.C20H18NOSi.2C13H12N.C2H2.CH4O3S.2CH4O.B4.2Ir/c2*1-23(2,3)20-11-7-5-9-15(20)17-12-16-14-8-4-6-10-18(14)22-19(16)13-21-17;2*1-10-3-6-12(7-4-10)13-8-5-11(2)9-14-13;1-2;1-5(2,3)4;2*1-2;1-4(2)3;;/h4-13H,1-3H3;4-8,10-13H,1-3H3;2*3-6,8-9H,1-2H3;1-2H;1H3,(H,2,3,4);2*2H,1H3;;;/q;3*-1;;;;;;;/p-1/i;;2*1D3,2D3;;;;;;;. The average Bonchev–Trinajstić information content (AvgIpc) is 1.68. The Hall–Kier alpha value is -7.10. The molecule has 0 fully saturated rings. The maximum atomic E-state index is 9.08. The van der Waals surface area contributed by atoms with Crippen LogP contribution in [0.15, 0.2) is 197 Å². The van der Waals surface area contributed by atoms with Gasteiger partial charge in [-0.25, -0.2) is 8.42 Å². The third-order valence-electron chi connectivity index (χ3n) is 12.2. The van der Waals surface area contributed by atoms with Gasteiger partial charge in [-0.1, -0.05) is 149 Å². The summed E-state index contributed by atoms with van der Waals surface area (Å²) in [7, 11) is 9.19. The summed E-state index contributed by atoms with van der Waals surface area (Å²) in [5.74, 6) is 0. The minimum atomic E-state index is -3.92. The van der Waals surface area contributed by atoms with Gasteiger partial charge in [0.2, 0.25) is 0 Å². The van der Waals surface area contributed by atoms with Crippen molar-refractivity contribution in [2.24, 2.45) is 0 Å². The first-order chi connectivity index (χ1) is 47.2. The predicted octanol–water partition coefficient (Wildman–Crippen LogP) is 13.6. The molecule has 12 aromatic rings. The van der Waals surface area contributed by atoms with E-state index in [9.17, 15) is 0 Å². The van der Waals surface area contributed by atoms with E-state index in [1.807, 2.05) is 54.9 Å². The van der Waals surface area contributed by atoms with Crippen LogP contribution in [0.25, 0.3) is 88.9 Å². The van der Waals surface area contributed by atoms with E-state index in [2.05, 4.69) is 174 Å². The van der Waals surface area contributed by atoms with Crippen LogP contribution in [0.1, 0.15) is 38.7 Å². The van der Waals surface area contributed by atoms with Gasteiger partial charge in [-0.3, -0.25) is 4.98 Å². The summed E-state index contributed by atoms with van der Waals surface area (Å²) in [6.45, 7) is 5.50. The maximum absolute atomic E-state index is 9.08. The number of aliphatic hydroxyl groups excluding tert-OH is 2. The third-order valence-corrected chi connectivity index (χ3v) is 16.2. The molecule has 6 aromatic heterocycles. The molecule has 0 atom stereocenters. The molecule has 11 nitrogen and oxygen atoms in total. The van der Waals surface area contributed by atoms with Crippen molar-refractivity contribution in [2.75, 3.05) is 20.5 Å². The van der Waals surface area contributed by atoms with Crippen LogP contribution in [-0.2, 0) is 50.3 Å². The summed E-state index contributed by atoms with van der Waals surface area (Å²) in [6.07, 6.45) is 14.2. The predicted molar refractivity (Wildman–Crippen MR) is 379 cm³/mol. The molecular formula is C71H74B4Ir2N4O7SSi2-4. The number of aliphatic hydroxyl groups is 2. The van der Waals surface area contributed by atoms with Gasteiger partial charge in [-0.2, -0.15) is 0 Å². The van der Waals surface area contributed by atoms with Crippen LogP contribution < -0.4 is 10.4 Å². The van der Waals surface area contributed by atoms with E-state index in [1.165, 1.54) is 64.7 Å². The maximum Gasteiger partial charge on any atom is 0.153 e. The van der Waals surface area contributed by atoms with Gasteiger partial charge < -0.3 is 38.6 Å². The van der Waals surface area contributed by atoms with Crippen LogP contribution in [-0.4, -0.2) is 109 Å². The van der Waals surface area contributed by atoms with E-state index in [0.29, 0.717) is 28.8 Å². The van der Waals surface area contributed by atoms with Crippen molar-refractivity contribution in [3.8, 4) is 57.9 Å². The molecule has 0 aliphatic carbocycles. The second-order valence-corrected chi connectivity index (χ2v) is 32.4. The van der Waals surface area contributed by atoms with Crippen molar-refractivity contribution < 1.29 is 88.7 Å². The molecule has 8 radical (unpaired) electrons. The smallest absolute Gasteiger partial charge is 0.153 e. The molecule has 6 aromatic carbocycles. The number of hydrogen-bond acceptors (Lipinski definition) is 11. The number of rotatable bonds is 6. The van der Waals surface area contributed by atoms with Gasteiger partial charge >= 0.3 is 0 Å². The number of aryl methyl sites for hydroxylation is 4. The van der Waals surface area contributed by atoms with E-state index >= 15 is 0 Å². The number of nitrogens with zero attached hydrogens (tertiary/aromatic N) is 4. The molecule has 0 saturated heterocycles. The zero-order valence-electron chi connectivity index (χ0n) is 63.7. The molecule has 468 valence electrons. The van der Waals surface area contributed by atoms with E-state index in [-0.39, 0.29) is 62.5 Å². The first-order valence-corrected chi connectivity index (χ1v) is 36.0. The van der Waals surface area contributed by atoms with Crippen LogP contribution in [0, 0.1) is 58.5 Å². The average molecular weight is 1620 g/mol. The normalized spacial score (nSPS) is 12.8. The number of furan rings is 2. The number of terminal acetylenes is 1. The monoisotopic (exact) mass is 1620 g/mol. The van der Waals surface area contributed by atoms with Crippen molar-refractivity contribution in [1.82, 2.24) is 19.9 Å². The fourth-order valence-electron chi connectivity index (χ4n) is 8.46. The zero-order valence-corrected chi connectivity index (χ0v) is 59.3. The van der Waals surface area contributed by atoms with Gasteiger partial charge in [-0.15, -0.1) is 119 Å². The van der Waals surface area contributed by atoms with Gasteiger partial charge in [0.25, 0.3) is 0 Å². The fraction of sp³-hybridized carbons (Fsp3) is 0.183. The van der Waals surface area contributed by atoms with E-state index in [4.69, 9.17) is 48.5 Å². The van der Waals surface area contributed by atoms with Crippen molar-refractivity contribution in [1.29, 1.82) is 0 Å². The molecule has 91 heavy (non-hydrogen) atoms. The van der Waals surface area contributed by atoms with Crippen molar-refractivity contribution >= 4 is 110 Å². The van der Waals surface area contributed by atoms with E-state index in [0.717, 1.165) is 75.0 Å². The number of hydrogen-bond donors (Lipinski definition) is 2. The molecule has 0 amide bonds. The van der Waals surface area contributed by atoms with Gasteiger partial charge in [0.05, 0.1) is 36.3 Å². The molecule has 0 bridgehead atoms. The Bertz CT molecular complexity index is 4340. The summed E-state index contributed by atoms with van der Waals surface area (Å²) in [5, 5.41) is 21.4. The Morgan fingerprint density at radius 2 is 0.868 bits per heavy atom. The quantitative estimate of drug-likeness (QED) is 0.0701. The molecular weight excluding hydrogens is 1540 g/mol. The summed E-state index contributed by atoms with van der Waals surface area (Å²) in [6, 6.07) is 59.8. The molecule has 20 heteroatoms. The number of benzene rings is 6. The summed E-state index contributed by atoms with van der Waals surface area (Å²) in [4.78, 5) is 17.5. The summed E-state index contributed by atoms with van der Waals surface area (Å²) in [5.41, 5.74) is 11.0. The van der Waals surface area contributed by atoms with Crippen molar-refractivity contribution in [2.45, 2.75) is 66.7 Å². The van der Waals surface area contributed by atoms with Gasteiger partial charge in [0.15, 0.2) is 11.2 Å². The number of aromatic nitrogens is 4. The number of pyridine rings is 4. The van der Waals surface area contributed by atoms with E-state index in [1.54, 1.807) is 24.3 Å². The SMILES string of the molecule is C#C.CO.CO.CS(=O)(=O)[O-].C[Si](C)(C)c1ccc[c-]c1-c1cc2c(cn1)oc1ccccc12.C[Si](C)(C)c1ccccc1-c1cc2c(cn1)oc1ccccc12.[2H]C([2H])([2H])c1c[c-]c(-c2ccc(C([2H])([2H])[2H])cn2)cc1.[2H]C([2H])([2H])c1c[c-]c(-c2ccc(C([2H])([2H])[2H])cn2)cc1.[B]B([B])[B].[Ir].[Ir]. The molecule has 0 aliphatic heterocycles. The molecule has 0 spiro atoms. The molecule has 2 N–H and O–H groups in total. The van der Waals surface area contributed by atoms with Gasteiger partial charge in [0, 0.05) is 149 Å². The molecule has 12 rings (SSSR count). The Labute approximate surface area is 589 Å². The van der Waals surface area contributed by atoms with Gasteiger partial charge in [-0.05, 0) is 65.7 Å². The zero-order chi connectivity index (χ0) is 76.1. The minimum Gasteiger partial charge on any atom is -0.748 e. The molecule has 0 unspecified atom stereocenters. The van der Waals surface area contributed by atoms with Crippen LogP contribution in [0.5, 0.6) is 0 Å². The van der Waals surface area contributed by atoms with Crippen LogP contribution in [0.2, 0.25) is 39.3 Å². The fourth-order valence-corrected chi connectivity index (χ4v) is 11.6. The van der Waals surface area contributed by atoms with E-state index < -0.39 is 60.1 Å². The minimum absolute atomic E-state index is 0. The summed E-state index contributed by atoms with van der Waals surface area (Å²) < 4.78 is 126. The second-order valence-electron chi connectivity index (χ2n) is 21.0. The molecule has 0 saturated carbocycles. The number of fused-ring (bicyclic) bond motifs is 6. The van der Waals surface area contributed by atoms with Crippen molar-refractivity contribution in [3.63, 3.8) is 0 Å². The Morgan fingerprint density at radius 3 is 1.26 bits per heavy atom. The van der Waals surface area contributed by atoms with Crippen LogP contribution in [0.4, 0.5) is 0 Å². The largest absolute Gasteiger partial charge is 0.748 e. The Balaban J connectivity index is 0.000000436. The van der Waals surface area contributed by atoms with Crippen LogP contribution in [0.3, 0.4) is 0 Å².